The first-order valence-electron chi connectivity index (χ1n) is 8.20. The van der Waals surface area contributed by atoms with Gasteiger partial charge in [0.15, 0.2) is 0 Å². The van der Waals surface area contributed by atoms with Gasteiger partial charge in [-0.3, -0.25) is 4.79 Å². The van der Waals surface area contributed by atoms with Gasteiger partial charge < -0.3 is 5.11 Å². The van der Waals surface area contributed by atoms with E-state index < -0.39 is 24.2 Å². The van der Waals surface area contributed by atoms with Gasteiger partial charge in [0, 0.05) is 17.7 Å². The first-order chi connectivity index (χ1) is 11.4. The molecular formula is C18H23F3N2O2. The van der Waals surface area contributed by atoms with Crippen molar-refractivity contribution in [1.29, 1.82) is 0 Å². The monoisotopic (exact) mass is 356 g/mol. The number of hydrazone groups is 1. The molecule has 138 valence electrons. The molecule has 0 saturated carbocycles. The number of hydrogen-bond acceptors (Lipinski definition) is 3. The van der Waals surface area contributed by atoms with Gasteiger partial charge in [-0.1, -0.05) is 46.2 Å². The molecule has 0 fully saturated rings. The van der Waals surface area contributed by atoms with Crippen molar-refractivity contribution >= 4 is 11.6 Å². The minimum absolute atomic E-state index is 0.0529. The molecule has 1 aliphatic rings. The molecule has 2 rings (SSSR count). The Morgan fingerprint density at radius 3 is 2.24 bits per heavy atom. The van der Waals surface area contributed by atoms with Crippen LogP contribution in [0.15, 0.2) is 29.4 Å². The lowest BCUT2D eigenvalue weighted by atomic mass is 9.86. The first-order valence-corrected chi connectivity index (χ1v) is 8.20. The fraction of sp³-hybridized carbons (Fsp3) is 0.556. The van der Waals surface area contributed by atoms with Crippen LogP contribution in [-0.4, -0.2) is 33.6 Å². The number of rotatable bonds is 3. The molecule has 0 radical (unpaired) electrons. The topological polar surface area (TPSA) is 52.9 Å². The Morgan fingerprint density at radius 1 is 1.24 bits per heavy atom. The summed E-state index contributed by atoms with van der Waals surface area (Å²) in [4.78, 5) is 12.6. The molecule has 1 heterocycles. The SMILES string of the molecule is CCCC1=NN(C(=O)c2ccc(C(C)(C)C)cc2)C(O)(C(F)(F)F)C1. The van der Waals surface area contributed by atoms with Crippen molar-refractivity contribution in [3.8, 4) is 0 Å². The molecule has 0 saturated heterocycles. The van der Waals surface area contributed by atoms with E-state index in [1.165, 1.54) is 12.1 Å². The van der Waals surface area contributed by atoms with Crippen LogP contribution in [0, 0.1) is 0 Å². The molecule has 0 aliphatic carbocycles. The number of benzene rings is 1. The minimum atomic E-state index is -4.99. The molecule has 25 heavy (non-hydrogen) atoms. The summed E-state index contributed by atoms with van der Waals surface area (Å²) >= 11 is 0. The third kappa shape index (κ3) is 3.71. The van der Waals surface area contributed by atoms with Crippen LogP contribution in [0.1, 0.15) is 62.9 Å². The van der Waals surface area contributed by atoms with E-state index in [2.05, 4.69) is 5.10 Å². The number of nitrogens with zero attached hydrogens (tertiary/aromatic N) is 2. The Hall–Kier alpha value is -1.89. The zero-order valence-electron chi connectivity index (χ0n) is 14.8. The number of carbonyl (C=O) groups is 1. The highest BCUT2D eigenvalue weighted by atomic mass is 19.4. The van der Waals surface area contributed by atoms with Crippen molar-refractivity contribution in [3.05, 3.63) is 35.4 Å². The molecule has 0 spiro atoms. The van der Waals surface area contributed by atoms with Crippen LogP contribution in [0.2, 0.25) is 0 Å². The molecule has 1 aromatic carbocycles. The largest absolute Gasteiger partial charge is 0.438 e. The molecule has 0 aromatic heterocycles. The van der Waals surface area contributed by atoms with Crippen molar-refractivity contribution in [3.63, 3.8) is 0 Å². The Balaban J connectivity index is 2.37. The molecule has 7 heteroatoms. The second-order valence-corrected chi connectivity index (χ2v) is 7.35. The van der Waals surface area contributed by atoms with Gasteiger partial charge in [-0.15, -0.1) is 0 Å². The standard InChI is InChI=1S/C18H23F3N2O2/c1-5-6-14-11-17(25,18(19,20)21)23(22-14)15(24)12-7-9-13(10-8-12)16(2,3)4/h7-10,25H,5-6,11H2,1-4H3. The molecule has 1 atom stereocenters. The predicted octanol–water partition coefficient (Wildman–Crippen LogP) is 4.24. The summed E-state index contributed by atoms with van der Waals surface area (Å²) in [6.07, 6.45) is -4.83. The second kappa shape index (κ2) is 6.44. The fourth-order valence-electron chi connectivity index (χ4n) is 2.71. The van der Waals surface area contributed by atoms with E-state index in [1.807, 2.05) is 20.8 Å². The highest BCUT2D eigenvalue weighted by Crippen LogP contribution is 2.41. The van der Waals surface area contributed by atoms with Crippen LogP contribution in [-0.2, 0) is 5.41 Å². The quantitative estimate of drug-likeness (QED) is 0.881. The number of alkyl halides is 3. The van der Waals surface area contributed by atoms with Crippen molar-refractivity contribution < 1.29 is 23.1 Å². The van der Waals surface area contributed by atoms with Crippen LogP contribution >= 0.6 is 0 Å². The molecular weight excluding hydrogens is 333 g/mol. The van der Waals surface area contributed by atoms with Crippen LogP contribution < -0.4 is 0 Å². The Bertz CT molecular complexity index is 675. The molecule has 1 aliphatic heterocycles. The van der Waals surface area contributed by atoms with Gasteiger partial charge in [0.2, 0.25) is 0 Å². The van der Waals surface area contributed by atoms with Gasteiger partial charge in [-0.05, 0) is 29.5 Å². The number of halogens is 3. The highest BCUT2D eigenvalue weighted by Gasteiger charge is 2.63. The number of carbonyl (C=O) groups excluding carboxylic acids is 1. The Kier molecular flexibility index (Phi) is 5.01. The van der Waals surface area contributed by atoms with E-state index >= 15 is 0 Å². The number of amides is 1. The molecule has 1 N–H and O–H groups in total. The highest BCUT2D eigenvalue weighted by molar-refractivity contribution is 5.98. The number of aliphatic hydroxyl groups is 1. The van der Waals surface area contributed by atoms with E-state index in [9.17, 15) is 23.1 Å². The lowest BCUT2D eigenvalue weighted by molar-refractivity contribution is -0.297. The van der Waals surface area contributed by atoms with Gasteiger partial charge in [0.05, 0.1) is 0 Å². The van der Waals surface area contributed by atoms with Crippen molar-refractivity contribution in [2.45, 2.75) is 64.3 Å². The van der Waals surface area contributed by atoms with Gasteiger partial charge in [0.1, 0.15) is 0 Å². The maximum atomic E-state index is 13.4. The smallest absolute Gasteiger partial charge is 0.362 e. The van der Waals surface area contributed by atoms with Gasteiger partial charge in [0.25, 0.3) is 11.6 Å². The second-order valence-electron chi connectivity index (χ2n) is 7.35. The molecule has 1 unspecified atom stereocenters. The summed E-state index contributed by atoms with van der Waals surface area (Å²) in [7, 11) is 0. The summed E-state index contributed by atoms with van der Waals surface area (Å²) in [5, 5.41) is 14.1. The van der Waals surface area contributed by atoms with Gasteiger partial charge in [-0.25, -0.2) is 0 Å². The van der Waals surface area contributed by atoms with E-state index in [1.54, 1.807) is 19.1 Å². The van der Waals surface area contributed by atoms with E-state index in [0.717, 1.165) is 5.56 Å². The Morgan fingerprint density at radius 2 is 1.80 bits per heavy atom. The van der Waals surface area contributed by atoms with E-state index in [0.29, 0.717) is 12.8 Å². The van der Waals surface area contributed by atoms with Crippen molar-refractivity contribution in [2.75, 3.05) is 0 Å². The van der Waals surface area contributed by atoms with E-state index in [-0.39, 0.29) is 21.7 Å². The molecule has 0 bridgehead atoms. The summed E-state index contributed by atoms with van der Waals surface area (Å²) in [6.45, 7) is 7.78. The molecule has 4 nitrogen and oxygen atoms in total. The lowest BCUT2D eigenvalue weighted by Crippen LogP contribution is -2.56. The summed E-state index contributed by atoms with van der Waals surface area (Å²) < 4.78 is 40.2. The first kappa shape index (κ1) is 19.4. The van der Waals surface area contributed by atoms with Crippen LogP contribution in [0.5, 0.6) is 0 Å². The van der Waals surface area contributed by atoms with E-state index in [4.69, 9.17) is 0 Å². The van der Waals surface area contributed by atoms with Gasteiger partial charge in [-0.2, -0.15) is 23.3 Å². The summed E-state index contributed by atoms with van der Waals surface area (Å²) in [5.41, 5.74) is -2.27. The third-order valence-electron chi connectivity index (χ3n) is 4.23. The summed E-state index contributed by atoms with van der Waals surface area (Å²) in [5.74, 6) is -0.966. The van der Waals surface area contributed by atoms with Gasteiger partial charge >= 0.3 is 6.18 Å². The Labute approximate surface area is 145 Å². The average Bonchev–Trinajstić information content (AvgIpc) is 2.84. The summed E-state index contributed by atoms with van der Waals surface area (Å²) in [6, 6.07) is 6.33. The average molecular weight is 356 g/mol. The maximum Gasteiger partial charge on any atom is 0.438 e. The van der Waals surface area contributed by atoms with Crippen LogP contribution in [0.25, 0.3) is 0 Å². The molecule has 1 amide bonds. The maximum absolute atomic E-state index is 13.4. The minimum Gasteiger partial charge on any atom is -0.362 e. The zero-order chi connectivity index (χ0) is 19.0. The number of hydrogen-bond donors (Lipinski definition) is 1. The van der Waals surface area contributed by atoms with Crippen molar-refractivity contribution in [2.24, 2.45) is 5.10 Å². The lowest BCUT2D eigenvalue weighted by Gasteiger charge is -2.32. The third-order valence-corrected chi connectivity index (χ3v) is 4.23. The normalized spacial score (nSPS) is 21.4. The zero-order valence-corrected chi connectivity index (χ0v) is 14.8. The molecule has 1 aromatic rings. The predicted molar refractivity (Wildman–Crippen MR) is 89.3 cm³/mol. The fourth-order valence-corrected chi connectivity index (χ4v) is 2.71. The van der Waals surface area contributed by atoms with Crippen molar-refractivity contribution in [1.82, 2.24) is 5.01 Å². The van der Waals surface area contributed by atoms with Crippen LogP contribution in [0.3, 0.4) is 0 Å². The van der Waals surface area contributed by atoms with Crippen LogP contribution in [0.4, 0.5) is 13.2 Å².